The van der Waals surface area contributed by atoms with Crippen LogP contribution in [0, 0.1) is 0 Å². The molecule has 0 radical (unpaired) electrons. The SMILES string of the molecule is CCCC(=O)NC(C)c1nc2ccccc2n1CC(=O)N(CC)CC. The second-order valence-corrected chi connectivity index (χ2v) is 6.15. The lowest BCUT2D eigenvalue weighted by Gasteiger charge is -2.21. The molecule has 6 heteroatoms. The number of fused-ring (bicyclic) bond motifs is 1. The van der Waals surface area contributed by atoms with Crippen LogP contribution in [0.15, 0.2) is 24.3 Å². The van der Waals surface area contributed by atoms with Crippen molar-refractivity contribution < 1.29 is 9.59 Å². The van der Waals surface area contributed by atoms with E-state index < -0.39 is 0 Å². The fourth-order valence-electron chi connectivity index (χ4n) is 3.01. The molecule has 0 saturated carbocycles. The number of benzene rings is 1. The average Bonchev–Trinajstić information content (AvgIpc) is 2.95. The molecule has 0 fully saturated rings. The van der Waals surface area contributed by atoms with E-state index in [4.69, 9.17) is 0 Å². The molecule has 2 rings (SSSR count). The first-order valence-corrected chi connectivity index (χ1v) is 9.04. The molecule has 2 aromatic rings. The number of hydrogen-bond donors (Lipinski definition) is 1. The summed E-state index contributed by atoms with van der Waals surface area (Å²) in [6, 6.07) is 7.50. The van der Waals surface area contributed by atoms with Gasteiger partial charge in [0.2, 0.25) is 11.8 Å². The highest BCUT2D eigenvalue weighted by Crippen LogP contribution is 2.21. The molecule has 0 aliphatic rings. The van der Waals surface area contributed by atoms with Crippen molar-refractivity contribution in [1.82, 2.24) is 19.8 Å². The quantitative estimate of drug-likeness (QED) is 0.801. The number of para-hydroxylation sites is 2. The zero-order valence-corrected chi connectivity index (χ0v) is 15.6. The van der Waals surface area contributed by atoms with Gasteiger partial charge in [0.15, 0.2) is 0 Å². The molecule has 0 spiro atoms. The summed E-state index contributed by atoms with van der Waals surface area (Å²) in [5, 5.41) is 2.98. The summed E-state index contributed by atoms with van der Waals surface area (Å²) in [7, 11) is 0. The summed E-state index contributed by atoms with van der Waals surface area (Å²) in [5.41, 5.74) is 1.75. The molecule has 0 aliphatic heterocycles. The van der Waals surface area contributed by atoms with Gasteiger partial charge in [-0.25, -0.2) is 4.98 Å². The maximum Gasteiger partial charge on any atom is 0.242 e. The zero-order chi connectivity index (χ0) is 18.4. The van der Waals surface area contributed by atoms with Crippen molar-refractivity contribution in [2.24, 2.45) is 0 Å². The van der Waals surface area contributed by atoms with Gasteiger partial charge < -0.3 is 14.8 Å². The molecule has 2 amide bonds. The van der Waals surface area contributed by atoms with Crippen molar-refractivity contribution in [3.8, 4) is 0 Å². The Morgan fingerprint density at radius 1 is 1.20 bits per heavy atom. The first-order chi connectivity index (χ1) is 12.0. The second kappa shape index (κ2) is 8.65. The predicted molar refractivity (Wildman–Crippen MR) is 99.1 cm³/mol. The monoisotopic (exact) mass is 344 g/mol. The first kappa shape index (κ1) is 19.0. The highest BCUT2D eigenvalue weighted by Gasteiger charge is 2.21. The standard InChI is InChI=1S/C19H28N4O2/c1-5-10-17(24)20-14(4)19-21-15-11-8-9-12-16(15)23(19)13-18(25)22(6-2)7-3/h8-9,11-12,14H,5-7,10,13H2,1-4H3,(H,20,24). The fourth-order valence-corrected chi connectivity index (χ4v) is 3.01. The molecule has 1 aromatic heterocycles. The van der Waals surface area contributed by atoms with Crippen molar-refractivity contribution >= 4 is 22.8 Å². The van der Waals surface area contributed by atoms with Gasteiger partial charge in [0.25, 0.3) is 0 Å². The third-order valence-electron chi connectivity index (χ3n) is 4.34. The Hall–Kier alpha value is -2.37. The highest BCUT2D eigenvalue weighted by atomic mass is 16.2. The number of imidazole rings is 1. The predicted octanol–water partition coefficient (Wildman–Crippen LogP) is 2.88. The van der Waals surface area contributed by atoms with E-state index in [0.717, 1.165) is 17.5 Å². The van der Waals surface area contributed by atoms with Crippen LogP contribution in [-0.4, -0.2) is 39.4 Å². The minimum atomic E-state index is -0.254. The molecular weight excluding hydrogens is 316 g/mol. The summed E-state index contributed by atoms with van der Waals surface area (Å²) >= 11 is 0. The molecule has 1 aromatic carbocycles. The molecule has 136 valence electrons. The topological polar surface area (TPSA) is 67.2 Å². The molecule has 1 N–H and O–H groups in total. The van der Waals surface area contributed by atoms with Gasteiger partial charge in [-0.05, 0) is 39.3 Å². The van der Waals surface area contributed by atoms with E-state index in [9.17, 15) is 9.59 Å². The number of amides is 2. The van der Waals surface area contributed by atoms with Gasteiger partial charge in [-0.3, -0.25) is 9.59 Å². The van der Waals surface area contributed by atoms with Crippen LogP contribution in [0.4, 0.5) is 0 Å². The van der Waals surface area contributed by atoms with Gasteiger partial charge in [0.05, 0.1) is 17.1 Å². The largest absolute Gasteiger partial charge is 0.346 e. The van der Waals surface area contributed by atoms with Crippen molar-refractivity contribution in [1.29, 1.82) is 0 Å². The van der Waals surface area contributed by atoms with Gasteiger partial charge in [0.1, 0.15) is 12.4 Å². The van der Waals surface area contributed by atoms with Gasteiger partial charge >= 0.3 is 0 Å². The maximum atomic E-state index is 12.6. The van der Waals surface area contributed by atoms with Crippen LogP contribution < -0.4 is 5.32 Å². The van der Waals surface area contributed by atoms with Gasteiger partial charge in [-0.2, -0.15) is 0 Å². The normalized spacial score (nSPS) is 12.2. The van der Waals surface area contributed by atoms with Crippen molar-refractivity contribution in [2.45, 2.75) is 53.1 Å². The van der Waals surface area contributed by atoms with Crippen LogP contribution in [-0.2, 0) is 16.1 Å². The van der Waals surface area contributed by atoms with E-state index in [1.807, 2.05) is 56.5 Å². The number of aromatic nitrogens is 2. The second-order valence-electron chi connectivity index (χ2n) is 6.15. The van der Waals surface area contributed by atoms with Crippen LogP contribution in [0.3, 0.4) is 0 Å². The zero-order valence-electron chi connectivity index (χ0n) is 15.6. The van der Waals surface area contributed by atoms with Crippen molar-refractivity contribution in [3.63, 3.8) is 0 Å². The molecule has 0 saturated heterocycles. The molecule has 6 nitrogen and oxygen atoms in total. The Morgan fingerprint density at radius 2 is 1.88 bits per heavy atom. The third-order valence-corrected chi connectivity index (χ3v) is 4.34. The van der Waals surface area contributed by atoms with Gasteiger partial charge in [-0.15, -0.1) is 0 Å². The number of nitrogens with one attached hydrogen (secondary N) is 1. The summed E-state index contributed by atoms with van der Waals surface area (Å²) in [5.74, 6) is 0.774. The van der Waals surface area contributed by atoms with Crippen molar-refractivity contribution in [3.05, 3.63) is 30.1 Å². The van der Waals surface area contributed by atoms with E-state index in [1.54, 1.807) is 4.90 Å². The van der Waals surface area contributed by atoms with E-state index in [1.165, 1.54) is 0 Å². The summed E-state index contributed by atoms with van der Waals surface area (Å²) < 4.78 is 1.92. The van der Waals surface area contributed by atoms with E-state index in [0.29, 0.717) is 25.3 Å². The van der Waals surface area contributed by atoms with Crippen LogP contribution in [0.2, 0.25) is 0 Å². The Labute approximate surface area is 149 Å². The van der Waals surface area contributed by atoms with E-state index in [2.05, 4.69) is 10.3 Å². The van der Waals surface area contributed by atoms with E-state index >= 15 is 0 Å². The average molecular weight is 344 g/mol. The lowest BCUT2D eigenvalue weighted by atomic mass is 10.2. The minimum Gasteiger partial charge on any atom is -0.346 e. The Balaban J connectivity index is 2.35. The van der Waals surface area contributed by atoms with Gasteiger partial charge in [0, 0.05) is 19.5 Å². The molecule has 25 heavy (non-hydrogen) atoms. The number of nitrogens with zero attached hydrogens (tertiary/aromatic N) is 3. The Bertz CT molecular complexity index is 734. The third kappa shape index (κ3) is 4.38. The number of rotatable bonds is 8. The lowest BCUT2D eigenvalue weighted by Crippen LogP contribution is -2.35. The first-order valence-electron chi connectivity index (χ1n) is 9.04. The summed E-state index contributed by atoms with van der Waals surface area (Å²) in [6.45, 7) is 9.42. The van der Waals surface area contributed by atoms with Gasteiger partial charge in [-0.1, -0.05) is 19.1 Å². The smallest absolute Gasteiger partial charge is 0.242 e. The van der Waals surface area contributed by atoms with Crippen LogP contribution >= 0.6 is 0 Å². The Morgan fingerprint density at radius 3 is 2.52 bits per heavy atom. The molecule has 1 heterocycles. The molecular formula is C19H28N4O2. The lowest BCUT2D eigenvalue weighted by molar-refractivity contribution is -0.131. The van der Waals surface area contributed by atoms with Crippen molar-refractivity contribution in [2.75, 3.05) is 13.1 Å². The highest BCUT2D eigenvalue weighted by molar-refractivity contribution is 5.81. The summed E-state index contributed by atoms with van der Waals surface area (Å²) in [4.78, 5) is 31.0. The molecule has 1 unspecified atom stereocenters. The maximum absolute atomic E-state index is 12.6. The number of carbonyl (C=O) groups excluding carboxylic acids is 2. The fraction of sp³-hybridized carbons (Fsp3) is 0.526. The molecule has 0 bridgehead atoms. The van der Waals surface area contributed by atoms with Crippen LogP contribution in [0.25, 0.3) is 11.0 Å². The number of hydrogen-bond acceptors (Lipinski definition) is 3. The van der Waals surface area contributed by atoms with E-state index in [-0.39, 0.29) is 24.4 Å². The van der Waals surface area contributed by atoms with Crippen LogP contribution in [0.1, 0.15) is 52.4 Å². The van der Waals surface area contributed by atoms with Crippen LogP contribution in [0.5, 0.6) is 0 Å². The summed E-state index contributed by atoms with van der Waals surface area (Å²) in [6.07, 6.45) is 1.29. The molecule has 0 aliphatic carbocycles. The molecule has 1 atom stereocenters. The number of carbonyl (C=O) groups is 2. The number of likely N-dealkylation sites (N-methyl/N-ethyl adjacent to an activating group) is 1. The minimum absolute atomic E-state index is 0.00340. The Kier molecular flexibility index (Phi) is 6.56.